The van der Waals surface area contributed by atoms with Crippen molar-refractivity contribution in [1.29, 1.82) is 0 Å². The normalized spacial score (nSPS) is 27.1. The monoisotopic (exact) mass is 262 g/mol. The Labute approximate surface area is 113 Å². The number of aromatic nitrogens is 2. The van der Waals surface area contributed by atoms with E-state index in [2.05, 4.69) is 10.2 Å². The Morgan fingerprint density at radius 2 is 2.05 bits per heavy atom. The zero-order chi connectivity index (χ0) is 13.4. The molecule has 1 aromatic rings. The minimum absolute atomic E-state index is 0.0125. The molecule has 0 bridgehead atoms. The lowest BCUT2D eigenvalue weighted by Crippen LogP contribution is -2.49. The second kappa shape index (κ2) is 4.87. The van der Waals surface area contributed by atoms with E-state index in [1.54, 1.807) is 0 Å². The van der Waals surface area contributed by atoms with Crippen LogP contribution in [0.25, 0.3) is 0 Å². The van der Waals surface area contributed by atoms with E-state index < -0.39 is 0 Å². The predicted octanol–water partition coefficient (Wildman–Crippen LogP) is 2.10. The van der Waals surface area contributed by atoms with Crippen LogP contribution in [0, 0.1) is 12.8 Å². The van der Waals surface area contributed by atoms with Gasteiger partial charge < -0.3 is 10.6 Å². The summed E-state index contributed by atoms with van der Waals surface area (Å²) in [5, 5.41) is 6.89. The molecule has 1 aliphatic carbocycles. The molecule has 3 rings (SSSR count). The first-order chi connectivity index (χ1) is 9.18. The zero-order valence-electron chi connectivity index (χ0n) is 11.5. The van der Waals surface area contributed by atoms with Gasteiger partial charge in [0, 0.05) is 12.6 Å². The molecule has 0 unspecified atom stereocenters. The summed E-state index contributed by atoms with van der Waals surface area (Å²) < 4.78 is 0. The number of H-pyrrole nitrogens is 1. The smallest absolute Gasteiger partial charge is 0.276 e. The molecule has 0 spiro atoms. The van der Waals surface area contributed by atoms with Gasteiger partial charge in [0.1, 0.15) is 0 Å². The van der Waals surface area contributed by atoms with Crippen molar-refractivity contribution in [2.45, 2.75) is 51.5 Å². The number of hydrogen-bond acceptors (Lipinski definition) is 3. The van der Waals surface area contributed by atoms with E-state index in [1.165, 1.54) is 25.7 Å². The van der Waals surface area contributed by atoms with Crippen molar-refractivity contribution in [1.82, 2.24) is 15.1 Å². The van der Waals surface area contributed by atoms with Crippen LogP contribution in [-0.2, 0) is 0 Å². The number of rotatable bonds is 1. The van der Waals surface area contributed by atoms with Crippen molar-refractivity contribution < 1.29 is 4.79 Å². The summed E-state index contributed by atoms with van der Waals surface area (Å²) >= 11 is 0. The lowest BCUT2D eigenvalue weighted by molar-refractivity contribution is 0.0386. The van der Waals surface area contributed by atoms with E-state index in [0.717, 1.165) is 25.1 Å². The van der Waals surface area contributed by atoms with Crippen LogP contribution in [0.3, 0.4) is 0 Å². The summed E-state index contributed by atoms with van der Waals surface area (Å²) in [6, 6.07) is 0.409. The number of fused-ring (bicyclic) bond motifs is 1. The fraction of sp³-hybridized carbons (Fsp3) is 0.714. The van der Waals surface area contributed by atoms with Crippen molar-refractivity contribution in [3.05, 3.63) is 11.4 Å². The molecule has 2 atom stereocenters. The zero-order valence-corrected chi connectivity index (χ0v) is 11.5. The number of nitrogens with zero attached hydrogens (tertiary/aromatic N) is 2. The van der Waals surface area contributed by atoms with Crippen molar-refractivity contribution in [2.24, 2.45) is 5.92 Å². The Morgan fingerprint density at radius 3 is 2.79 bits per heavy atom. The van der Waals surface area contributed by atoms with E-state index in [9.17, 15) is 4.79 Å². The summed E-state index contributed by atoms with van der Waals surface area (Å²) in [4.78, 5) is 14.7. The summed E-state index contributed by atoms with van der Waals surface area (Å²) in [7, 11) is 0. The Bertz CT molecular complexity index is 480. The summed E-state index contributed by atoms with van der Waals surface area (Å²) in [6.07, 6.45) is 7.33. The summed E-state index contributed by atoms with van der Waals surface area (Å²) in [6.45, 7) is 2.70. The number of carbonyl (C=O) groups is 1. The average Bonchev–Trinajstić information content (AvgIpc) is 2.78. The number of hydrogen-bond donors (Lipinski definition) is 2. The molecule has 104 valence electrons. The van der Waals surface area contributed by atoms with Gasteiger partial charge in [0.25, 0.3) is 5.91 Å². The minimum atomic E-state index is 0.0125. The molecule has 0 aromatic carbocycles. The number of nitrogens with two attached hydrogens (primary N) is 1. The number of nitrogens with one attached hydrogen (secondary N) is 1. The first-order valence-corrected chi connectivity index (χ1v) is 7.30. The molecular formula is C14H22N4O. The van der Waals surface area contributed by atoms with Crippen LogP contribution in [0.5, 0.6) is 0 Å². The van der Waals surface area contributed by atoms with Gasteiger partial charge in [0.2, 0.25) is 0 Å². The van der Waals surface area contributed by atoms with E-state index >= 15 is 0 Å². The molecule has 1 aliphatic heterocycles. The van der Waals surface area contributed by atoms with Crippen LogP contribution in [0.1, 0.15) is 54.7 Å². The van der Waals surface area contributed by atoms with Gasteiger partial charge in [-0.05, 0) is 38.5 Å². The molecule has 1 aromatic heterocycles. The minimum Gasteiger partial charge on any atom is -0.395 e. The van der Waals surface area contributed by atoms with Gasteiger partial charge in [-0.3, -0.25) is 9.89 Å². The van der Waals surface area contributed by atoms with Gasteiger partial charge in [-0.1, -0.05) is 12.8 Å². The first kappa shape index (κ1) is 12.5. The average molecular weight is 262 g/mol. The van der Waals surface area contributed by atoms with E-state index in [1.807, 2.05) is 11.8 Å². The standard InChI is InChI=1S/C14H22N4O/c1-9-12(15)13(17-16-9)14(19)18-8-4-6-10-5-2-3-7-11(10)18/h10-11H,2-8,15H2,1H3,(H,16,17)/t10-,11-/m1/s1. The molecule has 2 fully saturated rings. The highest BCUT2D eigenvalue weighted by atomic mass is 16.2. The third-order valence-electron chi connectivity index (χ3n) is 4.70. The maximum absolute atomic E-state index is 12.7. The number of anilines is 1. The molecular weight excluding hydrogens is 240 g/mol. The second-order valence-corrected chi connectivity index (χ2v) is 5.86. The highest BCUT2D eigenvalue weighted by molar-refractivity contribution is 5.97. The Hall–Kier alpha value is -1.52. The molecule has 2 aliphatic rings. The Kier molecular flexibility index (Phi) is 3.21. The molecule has 19 heavy (non-hydrogen) atoms. The third-order valence-corrected chi connectivity index (χ3v) is 4.70. The highest BCUT2D eigenvalue weighted by Gasteiger charge is 2.37. The molecule has 2 heterocycles. The van der Waals surface area contributed by atoms with Crippen LogP contribution < -0.4 is 5.73 Å². The maximum atomic E-state index is 12.7. The van der Waals surface area contributed by atoms with E-state index in [-0.39, 0.29) is 5.91 Å². The topological polar surface area (TPSA) is 75.0 Å². The fourth-order valence-electron chi connectivity index (χ4n) is 3.61. The quantitative estimate of drug-likeness (QED) is 0.813. The van der Waals surface area contributed by atoms with Crippen molar-refractivity contribution >= 4 is 11.6 Å². The van der Waals surface area contributed by atoms with Gasteiger partial charge in [-0.25, -0.2) is 0 Å². The van der Waals surface area contributed by atoms with Crippen LogP contribution in [0.15, 0.2) is 0 Å². The van der Waals surface area contributed by atoms with Gasteiger partial charge in [-0.15, -0.1) is 0 Å². The molecule has 5 nitrogen and oxygen atoms in total. The number of piperidine rings is 1. The molecule has 1 saturated heterocycles. The number of amides is 1. The Morgan fingerprint density at radius 1 is 1.32 bits per heavy atom. The van der Waals surface area contributed by atoms with Crippen LogP contribution in [0.4, 0.5) is 5.69 Å². The highest BCUT2D eigenvalue weighted by Crippen LogP contribution is 2.36. The number of likely N-dealkylation sites (tertiary alicyclic amines) is 1. The van der Waals surface area contributed by atoms with Crippen LogP contribution >= 0.6 is 0 Å². The molecule has 5 heteroatoms. The lowest BCUT2D eigenvalue weighted by atomic mass is 9.78. The summed E-state index contributed by atoms with van der Waals surface area (Å²) in [5.74, 6) is 0.700. The maximum Gasteiger partial charge on any atom is 0.276 e. The molecule has 3 N–H and O–H groups in total. The third kappa shape index (κ3) is 2.11. The Balaban J connectivity index is 1.84. The lowest BCUT2D eigenvalue weighted by Gasteiger charge is -2.43. The number of nitrogen functional groups attached to an aromatic ring is 1. The van der Waals surface area contributed by atoms with Crippen LogP contribution in [-0.4, -0.2) is 33.6 Å². The molecule has 1 saturated carbocycles. The number of aromatic amines is 1. The largest absolute Gasteiger partial charge is 0.395 e. The van der Waals surface area contributed by atoms with Gasteiger partial charge in [0.15, 0.2) is 5.69 Å². The van der Waals surface area contributed by atoms with Gasteiger partial charge >= 0.3 is 0 Å². The van der Waals surface area contributed by atoms with Crippen molar-refractivity contribution in [3.8, 4) is 0 Å². The number of aryl methyl sites for hydroxylation is 1. The fourth-order valence-corrected chi connectivity index (χ4v) is 3.61. The van der Waals surface area contributed by atoms with Gasteiger partial charge in [-0.2, -0.15) is 5.10 Å². The molecule has 0 radical (unpaired) electrons. The van der Waals surface area contributed by atoms with Crippen LogP contribution in [0.2, 0.25) is 0 Å². The van der Waals surface area contributed by atoms with E-state index in [4.69, 9.17) is 5.73 Å². The van der Waals surface area contributed by atoms with Crippen molar-refractivity contribution in [3.63, 3.8) is 0 Å². The predicted molar refractivity (Wildman–Crippen MR) is 73.8 cm³/mol. The number of carbonyl (C=O) groups excluding carboxylic acids is 1. The summed E-state index contributed by atoms with van der Waals surface area (Å²) in [5.41, 5.74) is 7.62. The molecule has 1 amide bonds. The van der Waals surface area contributed by atoms with E-state index in [0.29, 0.717) is 23.3 Å². The first-order valence-electron chi connectivity index (χ1n) is 7.30. The van der Waals surface area contributed by atoms with Gasteiger partial charge in [0.05, 0.1) is 11.4 Å². The SMILES string of the molecule is Cc1[nH]nc(C(=O)N2CCC[C@H]3CCCC[C@H]32)c1N. The second-order valence-electron chi connectivity index (χ2n) is 5.86. The van der Waals surface area contributed by atoms with Crippen molar-refractivity contribution in [2.75, 3.05) is 12.3 Å².